The Morgan fingerprint density at radius 1 is 0.895 bits per heavy atom. The van der Waals surface area contributed by atoms with Crippen LogP contribution in [-0.2, 0) is 0 Å². The highest BCUT2D eigenvalue weighted by molar-refractivity contribution is 5.82. The number of rotatable bonds is 13. The maximum absolute atomic E-state index is 9.58. The van der Waals surface area contributed by atoms with Crippen LogP contribution in [0.2, 0.25) is 0 Å². The van der Waals surface area contributed by atoms with E-state index in [0.717, 1.165) is 6.42 Å². The van der Waals surface area contributed by atoms with Crippen LogP contribution in [0.4, 0.5) is 0 Å². The predicted octanol–water partition coefficient (Wildman–Crippen LogP) is 4.07. The van der Waals surface area contributed by atoms with Crippen molar-refractivity contribution in [2.75, 3.05) is 6.61 Å². The number of aliphatic imine (C=N–C) groups is 1. The van der Waals surface area contributed by atoms with E-state index in [1.165, 1.54) is 57.8 Å². The number of nitrogens with zero attached hydrogens (tertiary/aromatic N) is 1. The molecule has 19 heavy (non-hydrogen) atoms. The lowest BCUT2D eigenvalue weighted by Gasteiger charge is -2.06. The highest BCUT2D eigenvalue weighted by Gasteiger charge is 2.01. The summed E-state index contributed by atoms with van der Waals surface area (Å²) in [5.41, 5.74) is 0.611. The van der Waals surface area contributed by atoms with Crippen LogP contribution in [0.1, 0.15) is 84.5 Å². The van der Waals surface area contributed by atoms with E-state index in [0.29, 0.717) is 12.1 Å². The zero-order valence-corrected chi connectivity index (χ0v) is 12.9. The van der Waals surface area contributed by atoms with Crippen LogP contribution in [0.5, 0.6) is 0 Å². The Morgan fingerprint density at radius 3 is 1.84 bits per heavy atom. The van der Waals surface area contributed by atoms with Crippen molar-refractivity contribution in [3.63, 3.8) is 0 Å². The average Bonchev–Trinajstić information content (AvgIpc) is 2.40. The molecule has 0 fully saturated rings. The second-order valence-corrected chi connectivity index (χ2v) is 5.47. The molecule has 1 unspecified atom stereocenters. The lowest BCUT2D eigenvalue weighted by molar-refractivity contribution is 0.169. The molecule has 0 spiro atoms. The van der Waals surface area contributed by atoms with Gasteiger partial charge in [-0.05, 0) is 19.8 Å². The molecule has 0 saturated carbocycles. The summed E-state index contributed by atoms with van der Waals surface area (Å²) >= 11 is 0. The van der Waals surface area contributed by atoms with E-state index in [4.69, 9.17) is 5.11 Å². The Morgan fingerprint density at radius 2 is 1.37 bits per heavy atom. The molecule has 0 bridgehead atoms. The zero-order valence-electron chi connectivity index (χ0n) is 12.9. The number of aliphatic hydroxyl groups is 2. The van der Waals surface area contributed by atoms with E-state index in [-0.39, 0.29) is 6.61 Å². The van der Waals surface area contributed by atoms with Crippen LogP contribution in [0, 0.1) is 0 Å². The minimum Gasteiger partial charge on any atom is -0.390 e. The van der Waals surface area contributed by atoms with Gasteiger partial charge in [0, 0.05) is 5.71 Å². The number of hydrogen-bond acceptors (Lipinski definition) is 3. The lowest BCUT2D eigenvalue weighted by Crippen LogP contribution is -2.08. The van der Waals surface area contributed by atoms with Gasteiger partial charge in [-0.1, -0.05) is 64.7 Å². The molecule has 0 aliphatic carbocycles. The summed E-state index contributed by atoms with van der Waals surface area (Å²) < 4.78 is 0. The Bertz CT molecular complexity index is 217. The van der Waals surface area contributed by atoms with Gasteiger partial charge in [-0.2, -0.15) is 0 Å². The molecule has 0 radical (unpaired) electrons. The molecule has 0 rings (SSSR count). The Hall–Kier alpha value is -0.410. The van der Waals surface area contributed by atoms with E-state index >= 15 is 0 Å². The topological polar surface area (TPSA) is 52.8 Å². The molecule has 114 valence electrons. The van der Waals surface area contributed by atoms with Crippen LogP contribution in [-0.4, -0.2) is 28.8 Å². The van der Waals surface area contributed by atoms with Crippen LogP contribution >= 0.6 is 0 Å². The predicted molar refractivity (Wildman–Crippen MR) is 82.7 cm³/mol. The molecule has 0 heterocycles. The van der Waals surface area contributed by atoms with Crippen molar-refractivity contribution in [3.05, 3.63) is 0 Å². The third kappa shape index (κ3) is 13.8. The molecule has 0 aliphatic heterocycles. The molecule has 1 atom stereocenters. The van der Waals surface area contributed by atoms with Gasteiger partial charge in [0.05, 0.1) is 6.61 Å². The summed E-state index contributed by atoms with van der Waals surface area (Å²) in [5.74, 6) is 0. The summed E-state index contributed by atoms with van der Waals surface area (Å²) in [5, 5.41) is 18.4. The standard InChI is InChI=1S/C16H33NO2/c1-3-4-5-6-7-8-9-10-11-12-13-16(19)17-15(2)14-18/h16,18-19H,3-14H2,1-2H3/b17-15+. The van der Waals surface area contributed by atoms with Gasteiger partial charge in [0.2, 0.25) is 0 Å². The van der Waals surface area contributed by atoms with Crippen molar-refractivity contribution >= 4 is 5.71 Å². The number of aliphatic hydroxyl groups excluding tert-OH is 2. The molecule has 0 aliphatic rings. The summed E-state index contributed by atoms with van der Waals surface area (Å²) in [6.45, 7) is 3.93. The first-order chi connectivity index (χ1) is 9.20. The molecule has 0 amide bonds. The van der Waals surface area contributed by atoms with Crippen molar-refractivity contribution in [1.82, 2.24) is 0 Å². The summed E-state index contributed by atoms with van der Waals surface area (Å²) in [6, 6.07) is 0. The van der Waals surface area contributed by atoms with Gasteiger partial charge in [-0.25, -0.2) is 0 Å². The molecule has 2 N–H and O–H groups in total. The molecule has 0 aromatic rings. The van der Waals surface area contributed by atoms with E-state index in [1.807, 2.05) is 0 Å². The van der Waals surface area contributed by atoms with Gasteiger partial charge in [0.25, 0.3) is 0 Å². The molecular formula is C16H33NO2. The largest absolute Gasteiger partial charge is 0.390 e. The van der Waals surface area contributed by atoms with Gasteiger partial charge in [-0.15, -0.1) is 0 Å². The van der Waals surface area contributed by atoms with Crippen molar-refractivity contribution in [3.8, 4) is 0 Å². The first-order valence-corrected chi connectivity index (χ1v) is 8.03. The van der Waals surface area contributed by atoms with Crippen molar-refractivity contribution in [2.45, 2.75) is 90.7 Å². The third-order valence-electron chi connectivity index (χ3n) is 3.41. The fourth-order valence-electron chi connectivity index (χ4n) is 2.17. The van der Waals surface area contributed by atoms with Crippen LogP contribution in [0.15, 0.2) is 4.99 Å². The Kier molecular flexibility index (Phi) is 13.7. The highest BCUT2D eigenvalue weighted by Crippen LogP contribution is 2.12. The van der Waals surface area contributed by atoms with Gasteiger partial charge in [0.1, 0.15) is 6.23 Å². The number of unbranched alkanes of at least 4 members (excludes halogenated alkanes) is 9. The fraction of sp³-hybridized carbons (Fsp3) is 0.938. The molecular weight excluding hydrogens is 238 g/mol. The van der Waals surface area contributed by atoms with E-state index < -0.39 is 6.23 Å². The van der Waals surface area contributed by atoms with Gasteiger partial charge in [0.15, 0.2) is 0 Å². The second-order valence-electron chi connectivity index (χ2n) is 5.47. The first-order valence-electron chi connectivity index (χ1n) is 8.03. The first kappa shape index (κ1) is 18.6. The molecule has 0 saturated heterocycles. The quantitative estimate of drug-likeness (QED) is 0.392. The van der Waals surface area contributed by atoms with E-state index in [1.54, 1.807) is 6.92 Å². The van der Waals surface area contributed by atoms with Crippen LogP contribution in [0.3, 0.4) is 0 Å². The van der Waals surface area contributed by atoms with E-state index in [9.17, 15) is 5.11 Å². The number of hydrogen-bond donors (Lipinski definition) is 2. The molecule has 0 aromatic carbocycles. The van der Waals surface area contributed by atoms with Crippen molar-refractivity contribution in [1.29, 1.82) is 0 Å². The van der Waals surface area contributed by atoms with Crippen LogP contribution < -0.4 is 0 Å². The maximum atomic E-state index is 9.58. The van der Waals surface area contributed by atoms with Gasteiger partial charge in [-0.3, -0.25) is 4.99 Å². The SMILES string of the molecule is CCCCCCCCCCCCC(O)/N=C(\C)CO. The molecule has 0 aromatic heterocycles. The minimum absolute atomic E-state index is 0.0604. The van der Waals surface area contributed by atoms with Crippen molar-refractivity contribution in [2.24, 2.45) is 4.99 Å². The summed E-state index contributed by atoms with van der Waals surface area (Å²) in [4.78, 5) is 3.99. The second kappa shape index (κ2) is 14.0. The summed E-state index contributed by atoms with van der Waals surface area (Å²) in [6.07, 6.45) is 13.1. The van der Waals surface area contributed by atoms with Crippen molar-refractivity contribution < 1.29 is 10.2 Å². The highest BCUT2D eigenvalue weighted by atomic mass is 16.3. The minimum atomic E-state index is -0.624. The maximum Gasteiger partial charge on any atom is 0.145 e. The van der Waals surface area contributed by atoms with Crippen LogP contribution in [0.25, 0.3) is 0 Å². The monoisotopic (exact) mass is 271 g/mol. The fourth-order valence-corrected chi connectivity index (χ4v) is 2.17. The zero-order chi connectivity index (χ0) is 14.3. The lowest BCUT2D eigenvalue weighted by atomic mass is 10.1. The third-order valence-corrected chi connectivity index (χ3v) is 3.41. The van der Waals surface area contributed by atoms with Gasteiger partial charge < -0.3 is 10.2 Å². The normalized spacial score (nSPS) is 13.8. The Labute approximate surface area is 119 Å². The molecule has 3 heteroatoms. The molecule has 3 nitrogen and oxygen atoms in total. The van der Waals surface area contributed by atoms with E-state index in [2.05, 4.69) is 11.9 Å². The summed E-state index contributed by atoms with van der Waals surface area (Å²) in [7, 11) is 0. The Balaban J connectivity index is 3.22. The average molecular weight is 271 g/mol. The smallest absolute Gasteiger partial charge is 0.145 e. The van der Waals surface area contributed by atoms with Gasteiger partial charge >= 0.3 is 0 Å².